The molecule has 0 aliphatic rings. The summed E-state index contributed by atoms with van der Waals surface area (Å²) in [5, 5.41) is 1.58. The van der Waals surface area contributed by atoms with E-state index in [0.29, 0.717) is 0 Å². The molecule has 0 radical (unpaired) electrons. The molecule has 0 heterocycles. The van der Waals surface area contributed by atoms with Crippen molar-refractivity contribution in [3.05, 3.63) is 91.0 Å². The Hall–Kier alpha value is -1.43. The molecule has 0 spiro atoms. The maximum absolute atomic E-state index is 4.54. The number of hydrogen-bond donors (Lipinski definition) is 0. The van der Waals surface area contributed by atoms with E-state index in [1.807, 2.05) is 0 Å². The molecule has 1 unspecified atom stereocenters. The van der Waals surface area contributed by atoms with Crippen LogP contribution in [0.15, 0.2) is 91.0 Å². The maximum atomic E-state index is 4.54. The molecular formula is C27H34BrP. The number of unbranched alkanes of at least 4 members (excludes halogenated alkanes) is 2. The van der Waals surface area contributed by atoms with Crippen molar-refractivity contribution in [1.29, 1.82) is 0 Å². The van der Waals surface area contributed by atoms with E-state index in [4.69, 9.17) is 0 Å². The Kier molecular flexibility index (Phi) is 7.72. The summed E-state index contributed by atoms with van der Waals surface area (Å²) in [6.45, 7) is 4.68. The summed E-state index contributed by atoms with van der Waals surface area (Å²) >= 11 is 4.54. The first-order chi connectivity index (χ1) is 14.1. The van der Waals surface area contributed by atoms with Crippen molar-refractivity contribution in [2.75, 3.05) is 6.16 Å². The third-order valence-electron chi connectivity index (χ3n) is 6.36. The van der Waals surface area contributed by atoms with E-state index < -0.39 is 5.31 Å². The molecule has 29 heavy (non-hydrogen) atoms. The van der Waals surface area contributed by atoms with Gasteiger partial charge in [-0.25, -0.2) is 0 Å². The second-order valence-electron chi connectivity index (χ2n) is 8.28. The van der Waals surface area contributed by atoms with E-state index in [9.17, 15) is 0 Å². The van der Waals surface area contributed by atoms with Gasteiger partial charge in [-0.15, -0.1) is 0 Å². The van der Waals surface area contributed by atoms with Crippen molar-refractivity contribution in [2.24, 2.45) is 5.92 Å². The van der Waals surface area contributed by atoms with Crippen LogP contribution in [0.3, 0.4) is 0 Å². The van der Waals surface area contributed by atoms with Crippen LogP contribution in [0, 0.1) is 5.92 Å². The first-order valence-electron chi connectivity index (χ1n) is 11.0. The quantitative estimate of drug-likeness (QED) is 0.214. The van der Waals surface area contributed by atoms with Crippen molar-refractivity contribution in [3.8, 4) is 0 Å². The summed E-state index contributed by atoms with van der Waals surface area (Å²) in [7, 11) is 0. The Morgan fingerprint density at radius 1 is 0.655 bits per heavy atom. The Labute approximate surface area is 185 Å². The molecule has 2 heteroatoms. The summed E-state index contributed by atoms with van der Waals surface area (Å²) in [5.74, 6) is 0.839. The molecule has 3 rings (SSSR count). The third-order valence-corrected chi connectivity index (χ3v) is 16.4. The molecule has 1 atom stereocenters. The predicted molar refractivity (Wildman–Crippen MR) is 137 cm³/mol. The standard InChI is InChI=1S/C27H34BrP/c1-3-24(2)16-8-7-15-23-29(28,25-17-9-4-10-18-25,26-19-11-5-12-20-26)27-21-13-6-14-22-27/h4-6,9-14,17-22,24H,3,7-8,15-16,23H2,1-2H3. The monoisotopic (exact) mass is 468 g/mol. The van der Waals surface area contributed by atoms with E-state index in [1.54, 1.807) is 0 Å². The Morgan fingerprint density at radius 3 is 1.45 bits per heavy atom. The van der Waals surface area contributed by atoms with Crippen molar-refractivity contribution < 1.29 is 0 Å². The minimum absolute atomic E-state index is 0.839. The molecule has 0 N–H and O–H groups in total. The molecule has 154 valence electrons. The molecule has 0 fully saturated rings. The van der Waals surface area contributed by atoms with Gasteiger partial charge in [-0.1, -0.05) is 0 Å². The van der Waals surface area contributed by atoms with Gasteiger partial charge in [-0.2, -0.15) is 0 Å². The summed E-state index contributed by atoms with van der Waals surface area (Å²) in [6, 6.07) is 33.4. The van der Waals surface area contributed by atoms with Gasteiger partial charge >= 0.3 is 186 Å². The van der Waals surface area contributed by atoms with Gasteiger partial charge in [0.15, 0.2) is 0 Å². The van der Waals surface area contributed by atoms with Gasteiger partial charge in [0.05, 0.1) is 0 Å². The fourth-order valence-corrected chi connectivity index (χ4v) is 12.1. The molecule has 0 aromatic heterocycles. The molecule has 0 saturated carbocycles. The SMILES string of the molecule is CCC(C)CCCCCP(Br)(c1ccccc1)(c1ccccc1)c1ccccc1. The Bertz CT molecular complexity index is 761. The van der Waals surface area contributed by atoms with Gasteiger partial charge in [0.1, 0.15) is 0 Å². The van der Waals surface area contributed by atoms with Crippen molar-refractivity contribution in [2.45, 2.75) is 46.0 Å². The van der Waals surface area contributed by atoms with Crippen LogP contribution in [-0.4, -0.2) is 6.16 Å². The Morgan fingerprint density at radius 2 is 1.07 bits per heavy atom. The van der Waals surface area contributed by atoms with E-state index in [0.717, 1.165) is 12.1 Å². The van der Waals surface area contributed by atoms with E-state index in [1.165, 1.54) is 48.0 Å². The predicted octanol–water partition coefficient (Wildman–Crippen LogP) is 7.43. The van der Waals surface area contributed by atoms with Crippen molar-refractivity contribution in [1.82, 2.24) is 0 Å². The summed E-state index contributed by atoms with van der Waals surface area (Å²) in [5.41, 5.74) is 0. The zero-order chi connectivity index (χ0) is 20.6. The van der Waals surface area contributed by atoms with Crippen LogP contribution >= 0.6 is 20.8 Å². The molecule has 0 aliphatic carbocycles. The van der Waals surface area contributed by atoms with Gasteiger partial charge in [0.25, 0.3) is 0 Å². The zero-order valence-electron chi connectivity index (χ0n) is 17.8. The molecule has 3 aromatic carbocycles. The van der Waals surface area contributed by atoms with Crippen LogP contribution < -0.4 is 15.9 Å². The van der Waals surface area contributed by atoms with Crippen LogP contribution in [0.1, 0.15) is 46.0 Å². The van der Waals surface area contributed by atoms with Gasteiger partial charge < -0.3 is 0 Å². The average Bonchev–Trinajstić information content (AvgIpc) is 2.80. The van der Waals surface area contributed by atoms with Gasteiger partial charge in [0, 0.05) is 0 Å². The second-order valence-corrected chi connectivity index (χ2v) is 17.3. The zero-order valence-corrected chi connectivity index (χ0v) is 20.3. The fourth-order valence-electron chi connectivity index (χ4n) is 4.33. The normalized spacial score (nSPS) is 14.1. The van der Waals surface area contributed by atoms with Gasteiger partial charge in [-0.3, -0.25) is 0 Å². The first kappa shape index (κ1) is 22.3. The number of halogens is 1. The van der Waals surface area contributed by atoms with Crippen LogP contribution in [0.4, 0.5) is 0 Å². The van der Waals surface area contributed by atoms with Crippen LogP contribution in [-0.2, 0) is 0 Å². The Balaban J connectivity index is 2.05. The fraction of sp³-hybridized carbons (Fsp3) is 0.333. The average molecular weight is 469 g/mol. The second kappa shape index (κ2) is 10.1. The van der Waals surface area contributed by atoms with Crippen LogP contribution in [0.5, 0.6) is 0 Å². The van der Waals surface area contributed by atoms with Crippen molar-refractivity contribution >= 4 is 36.7 Å². The molecule has 3 aromatic rings. The number of hydrogen-bond acceptors (Lipinski definition) is 0. The van der Waals surface area contributed by atoms with Gasteiger partial charge in [-0.05, 0) is 0 Å². The molecule has 0 amide bonds. The van der Waals surface area contributed by atoms with Crippen LogP contribution in [0.2, 0.25) is 0 Å². The number of rotatable bonds is 10. The van der Waals surface area contributed by atoms with E-state index in [-0.39, 0.29) is 0 Å². The van der Waals surface area contributed by atoms with E-state index >= 15 is 0 Å². The summed E-state index contributed by atoms with van der Waals surface area (Å²) < 4.78 is 0. The topological polar surface area (TPSA) is 0 Å². The molecule has 0 bridgehead atoms. The first-order valence-corrected chi connectivity index (χ1v) is 15.4. The molecular weight excluding hydrogens is 435 g/mol. The summed E-state index contributed by atoms with van der Waals surface area (Å²) in [4.78, 5) is 0. The number of benzene rings is 3. The molecule has 0 saturated heterocycles. The minimum atomic E-state index is -2.71. The summed E-state index contributed by atoms with van der Waals surface area (Å²) in [6.07, 6.45) is 7.64. The van der Waals surface area contributed by atoms with Crippen LogP contribution in [0.25, 0.3) is 0 Å². The van der Waals surface area contributed by atoms with E-state index in [2.05, 4.69) is 120 Å². The third kappa shape index (κ3) is 4.68. The van der Waals surface area contributed by atoms with Gasteiger partial charge in [0.2, 0.25) is 0 Å². The van der Waals surface area contributed by atoms with Crippen molar-refractivity contribution in [3.63, 3.8) is 0 Å². The molecule has 0 aliphatic heterocycles. The molecule has 0 nitrogen and oxygen atoms in total.